The first-order chi connectivity index (χ1) is 11.0. The minimum Gasteiger partial charge on any atom is -0.335 e. The average Bonchev–Trinajstić information content (AvgIpc) is 3.30. The number of nitrogens with zero attached hydrogens (tertiary/aromatic N) is 1. The molecular weight excluding hydrogens is 301 g/mol. The molecule has 4 amide bonds. The molecule has 1 atom stereocenters. The van der Waals surface area contributed by atoms with Crippen molar-refractivity contribution in [3.05, 3.63) is 35.6 Å². The second kappa shape index (κ2) is 6.36. The minimum absolute atomic E-state index is 0.0502. The second-order valence-electron chi connectivity index (χ2n) is 5.93. The molecule has 6 nitrogen and oxygen atoms in total. The summed E-state index contributed by atoms with van der Waals surface area (Å²) in [5.41, 5.74) is 0.874. The van der Waals surface area contributed by atoms with E-state index in [2.05, 4.69) is 10.6 Å². The van der Waals surface area contributed by atoms with E-state index in [1.807, 2.05) is 0 Å². The zero-order valence-electron chi connectivity index (χ0n) is 12.5. The van der Waals surface area contributed by atoms with Gasteiger partial charge in [0, 0.05) is 19.0 Å². The molecule has 0 radical (unpaired) electrons. The summed E-state index contributed by atoms with van der Waals surface area (Å²) in [5.74, 6) is -0.744. The molecule has 122 valence electrons. The van der Waals surface area contributed by atoms with Gasteiger partial charge < -0.3 is 10.2 Å². The maximum absolute atomic E-state index is 13.0. The first-order valence-corrected chi connectivity index (χ1v) is 7.68. The Balaban J connectivity index is 1.57. The molecule has 23 heavy (non-hydrogen) atoms. The van der Waals surface area contributed by atoms with Gasteiger partial charge in [0.15, 0.2) is 0 Å². The van der Waals surface area contributed by atoms with Crippen LogP contribution >= 0.6 is 0 Å². The third kappa shape index (κ3) is 3.85. The second-order valence-corrected chi connectivity index (χ2v) is 5.93. The molecule has 0 bridgehead atoms. The molecule has 1 aromatic rings. The number of hydrogen-bond acceptors (Lipinski definition) is 3. The fraction of sp³-hybridized carbons (Fsp3) is 0.438. The number of amides is 4. The Bertz CT molecular complexity index is 628. The summed E-state index contributed by atoms with van der Waals surface area (Å²) >= 11 is 0. The number of carbonyl (C=O) groups is 3. The summed E-state index contributed by atoms with van der Waals surface area (Å²) in [4.78, 5) is 36.8. The van der Waals surface area contributed by atoms with Crippen molar-refractivity contribution in [3.63, 3.8) is 0 Å². The number of urea groups is 1. The van der Waals surface area contributed by atoms with Gasteiger partial charge in [0.1, 0.15) is 11.9 Å². The van der Waals surface area contributed by atoms with Crippen molar-refractivity contribution in [2.24, 2.45) is 0 Å². The number of halogens is 1. The van der Waals surface area contributed by atoms with Gasteiger partial charge in [-0.2, -0.15) is 0 Å². The molecule has 3 rings (SSSR count). The summed E-state index contributed by atoms with van der Waals surface area (Å²) in [7, 11) is 0. The van der Waals surface area contributed by atoms with Crippen molar-refractivity contribution in [3.8, 4) is 0 Å². The Morgan fingerprint density at radius 1 is 1.22 bits per heavy atom. The standard InChI is InChI=1S/C16H18FN3O3/c17-11-3-1-10(2-4-11)9-20(12-5-6-12)14(21)8-7-13-15(22)19-16(23)18-13/h1-4,12-13H,5-9H2,(H2,18,19,22,23)/t13-/m0/s1. The molecule has 1 aliphatic carbocycles. The highest BCUT2D eigenvalue weighted by Crippen LogP contribution is 2.29. The van der Waals surface area contributed by atoms with E-state index in [0.717, 1.165) is 18.4 Å². The van der Waals surface area contributed by atoms with Crippen LogP contribution in [-0.4, -0.2) is 34.8 Å². The summed E-state index contributed by atoms with van der Waals surface area (Å²) in [6.07, 6.45) is 2.40. The van der Waals surface area contributed by atoms with Crippen LogP contribution in [0.5, 0.6) is 0 Å². The van der Waals surface area contributed by atoms with Gasteiger partial charge in [0.2, 0.25) is 5.91 Å². The van der Waals surface area contributed by atoms with Gasteiger partial charge in [-0.1, -0.05) is 12.1 Å². The summed E-state index contributed by atoms with van der Waals surface area (Å²) in [6, 6.07) is 5.16. The largest absolute Gasteiger partial charge is 0.335 e. The molecule has 2 N–H and O–H groups in total. The minimum atomic E-state index is -0.640. The maximum atomic E-state index is 13.0. The first-order valence-electron chi connectivity index (χ1n) is 7.68. The van der Waals surface area contributed by atoms with Crippen LogP contribution < -0.4 is 10.6 Å². The highest BCUT2D eigenvalue weighted by atomic mass is 19.1. The lowest BCUT2D eigenvalue weighted by molar-refractivity contribution is -0.132. The lowest BCUT2D eigenvalue weighted by Crippen LogP contribution is -2.35. The molecule has 2 fully saturated rings. The van der Waals surface area contributed by atoms with Crippen molar-refractivity contribution >= 4 is 17.8 Å². The molecule has 1 heterocycles. The third-order valence-electron chi connectivity index (χ3n) is 4.08. The zero-order valence-corrected chi connectivity index (χ0v) is 12.5. The van der Waals surface area contributed by atoms with Crippen LogP contribution in [0.15, 0.2) is 24.3 Å². The predicted molar refractivity (Wildman–Crippen MR) is 79.7 cm³/mol. The van der Waals surface area contributed by atoms with E-state index in [0.29, 0.717) is 6.54 Å². The molecule has 0 unspecified atom stereocenters. The van der Waals surface area contributed by atoms with E-state index in [9.17, 15) is 18.8 Å². The zero-order chi connectivity index (χ0) is 16.4. The van der Waals surface area contributed by atoms with E-state index in [1.54, 1.807) is 17.0 Å². The fourth-order valence-corrected chi connectivity index (χ4v) is 2.67. The quantitative estimate of drug-likeness (QED) is 0.776. The molecule has 1 saturated heterocycles. The molecule has 1 aliphatic heterocycles. The molecule has 7 heteroatoms. The van der Waals surface area contributed by atoms with Crippen LogP contribution in [0.2, 0.25) is 0 Å². The SMILES string of the molecule is O=C1NC(=O)[C@H](CCC(=O)N(Cc2ccc(F)cc2)C2CC2)N1. The van der Waals surface area contributed by atoms with Crippen LogP contribution in [0.4, 0.5) is 9.18 Å². The van der Waals surface area contributed by atoms with Crippen molar-refractivity contribution in [2.45, 2.75) is 44.3 Å². The van der Waals surface area contributed by atoms with E-state index in [-0.39, 0.29) is 36.5 Å². The van der Waals surface area contributed by atoms with Gasteiger partial charge in [-0.15, -0.1) is 0 Å². The normalized spacial score (nSPS) is 20.1. The van der Waals surface area contributed by atoms with E-state index in [1.165, 1.54) is 12.1 Å². The Morgan fingerprint density at radius 2 is 1.91 bits per heavy atom. The Kier molecular flexibility index (Phi) is 4.27. The van der Waals surface area contributed by atoms with Crippen molar-refractivity contribution in [1.82, 2.24) is 15.5 Å². The lowest BCUT2D eigenvalue weighted by atomic mass is 10.1. The summed E-state index contributed by atoms with van der Waals surface area (Å²) < 4.78 is 13.0. The lowest BCUT2D eigenvalue weighted by Gasteiger charge is -2.23. The highest BCUT2D eigenvalue weighted by molar-refractivity contribution is 6.04. The monoisotopic (exact) mass is 319 g/mol. The predicted octanol–water partition coefficient (Wildman–Crippen LogP) is 1.30. The Labute approximate surface area is 133 Å². The molecule has 2 aliphatic rings. The topological polar surface area (TPSA) is 78.5 Å². The number of carbonyl (C=O) groups excluding carboxylic acids is 3. The smallest absolute Gasteiger partial charge is 0.322 e. The van der Waals surface area contributed by atoms with Gasteiger partial charge in [0.25, 0.3) is 5.91 Å². The average molecular weight is 319 g/mol. The van der Waals surface area contributed by atoms with Crippen LogP contribution in [0.1, 0.15) is 31.2 Å². The van der Waals surface area contributed by atoms with Crippen LogP contribution in [0, 0.1) is 5.82 Å². The number of rotatable bonds is 6. The van der Waals surface area contributed by atoms with Gasteiger partial charge in [0.05, 0.1) is 0 Å². The first kappa shape index (κ1) is 15.5. The van der Waals surface area contributed by atoms with E-state index in [4.69, 9.17) is 0 Å². The Morgan fingerprint density at radius 3 is 2.48 bits per heavy atom. The summed E-state index contributed by atoms with van der Waals surface area (Å²) in [6.45, 7) is 0.438. The Hall–Kier alpha value is -2.44. The molecule has 0 spiro atoms. The van der Waals surface area contributed by atoms with E-state index >= 15 is 0 Å². The number of hydrogen-bond donors (Lipinski definition) is 2. The van der Waals surface area contributed by atoms with Gasteiger partial charge in [-0.05, 0) is 37.0 Å². The van der Waals surface area contributed by atoms with Crippen LogP contribution in [0.3, 0.4) is 0 Å². The number of benzene rings is 1. The molecule has 1 saturated carbocycles. The molecular formula is C16H18FN3O3. The maximum Gasteiger partial charge on any atom is 0.322 e. The molecule has 0 aromatic heterocycles. The fourth-order valence-electron chi connectivity index (χ4n) is 2.67. The van der Waals surface area contributed by atoms with Crippen molar-refractivity contribution in [1.29, 1.82) is 0 Å². The van der Waals surface area contributed by atoms with E-state index < -0.39 is 12.1 Å². The van der Waals surface area contributed by atoms with Gasteiger partial charge in [-0.25, -0.2) is 9.18 Å². The molecule has 1 aromatic carbocycles. The van der Waals surface area contributed by atoms with Crippen LogP contribution in [-0.2, 0) is 16.1 Å². The van der Waals surface area contributed by atoms with Crippen molar-refractivity contribution < 1.29 is 18.8 Å². The number of nitrogens with one attached hydrogen (secondary N) is 2. The third-order valence-corrected chi connectivity index (χ3v) is 4.08. The van der Waals surface area contributed by atoms with Gasteiger partial charge in [-0.3, -0.25) is 14.9 Å². The van der Waals surface area contributed by atoms with Gasteiger partial charge >= 0.3 is 6.03 Å². The van der Waals surface area contributed by atoms with Crippen LogP contribution in [0.25, 0.3) is 0 Å². The highest BCUT2D eigenvalue weighted by Gasteiger charge is 2.34. The van der Waals surface area contributed by atoms with Crippen molar-refractivity contribution in [2.75, 3.05) is 0 Å². The summed E-state index contributed by atoms with van der Waals surface area (Å²) in [5, 5.41) is 4.64. The number of imide groups is 1.